The van der Waals surface area contributed by atoms with Gasteiger partial charge in [-0.1, -0.05) is 23.7 Å². The summed E-state index contributed by atoms with van der Waals surface area (Å²) in [6.45, 7) is 3.44. The van der Waals surface area contributed by atoms with Gasteiger partial charge in [-0.3, -0.25) is 4.79 Å². The van der Waals surface area contributed by atoms with Crippen molar-refractivity contribution in [3.8, 4) is 0 Å². The highest BCUT2D eigenvalue weighted by atomic mass is 35.5. The molecule has 0 aromatic heterocycles. The van der Waals surface area contributed by atoms with Crippen LogP contribution in [0.5, 0.6) is 0 Å². The molecule has 0 aliphatic carbocycles. The summed E-state index contributed by atoms with van der Waals surface area (Å²) >= 11 is 6.03. The molecule has 3 nitrogen and oxygen atoms in total. The summed E-state index contributed by atoms with van der Waals surface area (Å²) in [5, 5.41) is 4.14. The highest BCUT2D eigenvalue weighted by Gasteiger charge is 2.44. The maximum Gasteiger partial charge on any atom is 0.230 e. The highest BCUT2D eigenvalue weighted by molar-refractivity contribution is 6.30. The van der Waals surface area contributed by atoms with E-state index < -0.39 is 0 Å². The SMILES string of the molecule is O=C1N(Cc2cccc(Cl)c2)CCCC12CCCNC2. The second-order valence-electron chi connectivity index (χ2n) is 6.02. The van der Waals surface area contributed by atoms with Gasteiger partial charge in [0.1, 0.15) is 0 Å². The lowest BCUT2D eigenvalue weighted by Crippen LogP contribution is -2.54. The Morgan fingerprint density at radius 1 is 1.30 bits per heavy atom. The smallest absolute Gasteiger partial charge is 0.230 e. The maximum absolute atomic E-state index is 12.8. The first-order chi connectivity index (χ1) is 9.70. The molecule has 0 bridgehead atoms. The molecule has 20 heavy (non-hydrogen) atoms. The molecule has 1 N–H and O–H groups in total. The molecule has 2 fully saturated rings. The van der Waals surface area contributed by atoms with Gasteiger partial charge in [-0.15, -0.1) is 0 Å². The van der Waals surface area contributed by atoms with E-state index in [9.17, 15) is 4.79 Å². The number of halogens is 1. The lowest BCUT2D eigenvalue weighted by molar-refractivity contribution is -0.148. The van der Waals surface area contributed by atoms with Crippen LogP contribution in [0.4, 0.5) is 0 Å². The predicted octanol–water partition coefficient (Wildman–Crippen LogP) is 2.83. The standard InChI is InChI=1S/C16H21ClN2O/c17-14-5-1-4-13(10-14)11-19-9-3-7-16(15(19)20)6-2-8-18-12-16/h1,4-5,10,18H,2-3,6-9,11-12H2. The third kappa shape index (κ3) is 2.70. The molecule has 108 valence electrons. The first-order valence-corrected chi connectivity index (χ1v) is 7.82. The summed E-state index contributed by atoms with van der Waals surface area (Å²) in [4.78, 5) is 14.9. The molecule has 4 heteroatoms. The summed E-state index contributed by atoms with van der Waals surface area (Å²) < 4.78 is 0. The molecule has 1 atom stereocenters. The third-order valence-corrected chi connectivity index (χ3v) is 4.79. The van der Waals surface area contributed by atoms with Gasteiger partial charge in [0.2, 0.25) is 5.91 Å². The van der Waals surface area contributed by atoms with Crippen molar-refractivity contribution in [3.05, 3.63) is 34.9 Å². The number of likely N-dealkylation sites (tertiary alicyclic amines) is 1. The van der Waals surface area contributed by atoms with Gasteiger partial charge in [0.05, 0.1) is 5.41 Å². The quantitative estimate of drug-likeness (QED) is 0.909. The van der Waals surface area contributed by atoms with Crippen LogP contribution in [0.2, 0.25) is 5.02 Å². The molecule has 2 saturated heterocycles. The molecule has 1 unspecified atom stereocenters. The molecule has 0 radical (unpaired) electrons. The predicted molar refractivity (Wildman–Crippen MR) is 80.6 cm³/mol. The Labute approximate surface area is 125 Å². The minimum atomic E-state index is -0.144. The molecule has 1 aromatic carbocycles. The number of hydrogen-bond acceptors (Lipinski definition) is 2. The lowest BCUT2D eigenvalue weighted by Gasteiger charge is -2.44. The van der Waals surface area contributed by atoms with Crippen LogP contribution in [-0.4, -0.2) is 30.4 Å². The first kappa shape index (κ1) is 13.9. The minimum Gasteiger partial charge on any atom is -0.338 e. The fourth-order valence-electron chi connectivity index (χ4n) is 3.52. The summed E-state index contributed by atoms with van der Waals surface area (Å²) in [7, 11) is 0. The van der Waals surface area contributed by atoms with Gasteiger partial charge in [0, 0.05) is 24.7 Å². The number of rotatable bonds is 2. The molecule has 3 rings (SSSR count). The van der Waals surface area contributed by atoms with Crippen molar-refractivity contribution in [1.82, 2.24) is 10.2 Å². The van der Waals surface area contributed by atoms with E-state index in [1.54, 1.807) is 0 Å². The summed E-state index contributed by atoms with van der Waals surface area (Å²) in [6.07, 6.45) is 4.28. The summed E-state index contributed by atoms with van der Waals surface area (Å²) in [6, 6.07) is 7.81. The van der Waals surface area contributed by atoms with Gasteiger partial charge in [-0.25, -0.2) is 0 Å². The Morgan fingerprint density at radius 3 is 2.90 bits per heavy atom. The van der Waals surface area contributed by atoms with E-state index in [1.165, 1.54) is 0 Å². The second kappa shape index (κ2) is 5.74. The van der Waals surface area contributed by atoms with Gasteiger partial charge in [0.15, 0.2) is 0 Å². The third-order valence-electron chi connectivity index (χ3n) is 4.56. The normalized spacial score (nSPS) is 27.1. The van der Waals surface area contributed by atoms with Crippen molar-refractivity contribution in [2.45, 2.75) is 32.2 Å². The maximum atomic E-state index is 12.8. The average Bonchev–Trinajstić information content (AvgIpc) is 2.45. The lowest BCUT2D eigenvalue weighted by atomic mass is 9.73. The fourth-order valence-corrected chi connectivity index (χ4v) is 3.74. The Morgan fingerprint density at radius 2 is 2.15 bits per heavy atom. The van der Waals surface area contributed by atoms with Crippen LogP contribution in [0.25, 0.3) is 0 Å². The van der Waals surface area contributed by atoms with Gasteiger partial charge in [-0.05, 0) is 49.9 Å². The number of carbonyl (C=O) groups is 1. The Kier molecular flexibility index (Phi) is 3.99. The van der Waals surface area contributed by atoms with Gasteiger partial charge in [0.25, 0.3) is 0 Å². The van der Waals surface area contributed by atoms with Gasteiger partial charge in [-0.2, -0.15) is 0 Å². The van der Waals surface area contributed by atoms with E-state index in [0.717, 1.165) is 55.9 Å². The number of nitrogens with one attached hydrogen (secondary N) is 1. The van der Waals surface area contributed by atoms with Gasteiger partial charge >= 0.3 is 0 Å². The van der Waals surface area contributed by atoms with Crippen molar-refractivity contribution in [3.63, 3.8) is 0 Å². The van der Waals surface area contributed by atoms with E-state index in [0.29, 0.717) is 12.5 Å². The first-order valence-electron chi connectivity index (χ1n) is 7.44. The highest BCUT2D eigenvalue weighted by Crippen LogP contribution is 2.37. The molecular weight excluding hydrogens is 272 g/mol. The average molecular weight is 293 g/mol. The number of hydrogen-bond donors (Lipinski definition) is 1. The van der Waals surface area contributed by atoms with Crippen LogP contribution in [-0.2, 0) is 11.3 Å². The molecule has 2 aliphatic heterocycles. The Balaban J connectivity index is 1.75. The molecule has 2 aliphatic rings. The van der Waals surface area contributed by atoms with E-state index in [1.807, 2.05) is 29.2 Å². The zero-order valence-electron chi connectivity index (χ0n) is 11.7. The second-order valence-corrected chi connectivity index (χ2v) is 6.46. The van der Waals surface area contributed by atoms with Crippen LogP contribution in [0.1, 0.15) is 31.2 Å². The van der Waals surface area contributed by atoms with Crippen molar-refractivity contribution >= 4 is 17.5 Å². The number of amides is 1. The van der Waals surface area contributed by atoms with E-state index >= 15 is 0 Å². The fraction of sp³-hybridized carbons (Fsp3) is 0.562. The number of piperidine rings is 2. The number of nitrogens with zero attached hydrogens (tertiary/aromatic N) is 1. The van der Waals surface area contributed by atoms with E-state index in [4.69, 9.17) is 11.6 Å². The Bertz CT molecular complexity index is 491. The van der Waals surface area contributed by atoms with Crippen LogP contribution in [0, 0.1) is 5.41 Å². The van der Waals surface area contributed by atoms with Crippen molar-refractivity contribution in [2.24, 2.45) is 5.41 Å². The van der Waals surface area contributed by atoms with Gasteiger partial charge < -0.3 is 10.2 Å². The number of benzene rings is 1. The molecule has 1 spiro atoms. The minimum absolute atomic E-state index is 0.144. The van der Waals surface area contributed by atoms with E-state index in [2.05, 4.69) is 5.32 Å². The molecule has 1 amide bonds. The summed E-state index contributed by atoms with van der Waals surface area (Å²) in [5.41, 5.74) is 0.974. The van der Waals surface area contributed by atoms with Crippen LogP contribution in [0.3, 0.4) is 0 Å². The summed E-state index contributed by atoms with van der Waals surface area (Å²) in [5.74, 6) is 0.330. The molecule has 0 saturated carbocycles. The molecular formula is C16H21ClN2O. The van der Waals surface area contributed by atoms with Crippen molar-refractivity contribution in [2.75, 3.05) is 19.6 Å². The van der Waals surface area contributed by atoms with Crippen LogP contribution < -0.4 is 5.32 Å². The monoisotopic (exact) mass is 292 g/mol. The van der Waals surface area contributed by atoms with Crippen LogP contribution >= 0.6 is 11.6 Å². The van der Waals surface area contributed by atoms with E-state index in [-0.39, 0.29) is 5.41 Å². The Hall–Kier alpha value is -1.06. The molecule has 2 heterocycles. The topological polar surface area (TPSA) is 32.3 Å². The largest absolute Gasteiger partial charge is 0.338 e. The molecule has 1 aromatic rings. The zero-order valence-corrected chi connectivity index (χ0v) is 12.5. The van der Waals surface area contributed by atoms with Crippen molar-refractivity contribution in [1.29, 1.82) is 0 Å². The number of carbonyl (C=O) groups excluding carboxylic acids is 1. The van der Waals surface area contributed by atoms with Crippen LogP contribution in [0.15, 0.2) is 24.3 Å². The van der Waals surface area contributed by atoms with Crippen molar-refractivity contribution < 1.29 is 4.79 Å². The zero-order chi connectivity index (χ0) is 14.0.